The number of anilines is 1. The molecule has 0 spiro atoms. The summed E-state index contributed by atoms with van der Waals surface area (Å²) in [7, 11) is 1.82. The summed E-state index contributed by atoms with van der Waals surface area (Å²) in [5.41, 5.74) is 3.28. The summed E-state index contributed by atoms with van der Waals surface area (Å²) >= 11 is 0. The van der Waals surface area contributed by atoms with Crippen LogP contribution in [-0.2, 0) is 13.6 Å². The van der Waals surface area contributed by atoms with Crippen molar-refractivity contribution in [2.45, 2.75) is 33.2 Å². The van der Waals surface area contributed by atoms with Gasteiger partial charge < -0.3 is 5.32 Å². The molecule has 1 amide bonds. The monoisotopic (exact) mass is 418 g/mol. The molecule has 1 aliphatic heterocycles. The molecule has 1 saturated heterocycles. The predicted octanol–water partition coefficient (Wildman–Crippen LogP) is 3.97. The lowest BCUT2D eigenvalue weighted by atomic mass is 9.99. The van der Waals surface area contributed by atoms with Crippen molar-refractivity contribution in [3.63, 3.8) is 0 Å². The van der Waals surface area contributed by atoms with Gasteiger partial charge in [0, 0.05) is 25.7 Å². The molecule has 2 heterocycles. The van der Waals surface area contributed by atoms with Gasteiger partial charge in [-0.15, -0.1) is 0 Å². The molecule has 0 saturated carbocycles. The highest BCUT2D eigenvalue weighted by molar-refractivity contribution is 6.04. The van der Waals surface area contributed by atoms with Crippen LogP contribution in [0.3, 0.4) is 0 Å². The Morgan fingerprint density at radius 3 is 2.48 bits per heavy atom. The molecule has 0 bridgehead atoms. The highest BCUT2D eigenvalue weighted by Crippen LogP contribution is 2.19. The standard InChI is InChI=1S/C25H30N4O2/c1-18-8-7-15-28(16-18)17-20-11-13-21(14-12-20)24(30)26-23-19(2)27(3)29(25(23)31)22-9-5-4-6-10-22/h4-6,9-14,18H,7-8,15-17H2,1-3H3,(H,26,30). The molecule has 3 aromatic rings. The third-order valence-corrected chi connectivity index (χ3v) is 6.16. The zero-order valence-electron chi connectivity index (χ0n) is 18.5. The van der Waals surface area contributed by atoms with E-state index in [-0.39, 0.29) is 11.5 Å². The van der Waals surface area contributed by atoms with E-state index in [1.807, 2.05) is 68.6 Å². The molecule has 4 rings (SSSR count). The number of carbonyl (C=O) groups is 1. The summed E-state index contributed by atoms with van der Waals surface area (Å²) in [6.07, 6.45) is 2.55. The van der Waals surface area contributed by atoms with E-state index in [0.717, 1.165) is 31.2 Å². The molecule has 1 N–H and O–H groups in total. The van der Waals surface area contributed by atoms with Gasteiger partial charge >= 0.3 is 0 Å². The maximum atomic E-state index is 13.0. The fraction of sp³-hybridized carbons (Fsp3) is 0.360. The van der Waals surface area contributed by atoms with Crippen LogP contribution in [0.5, 0.6) is 0 Å². The first-order chi connectivity index (χ1) is 14.9. The Labute approximate surface area is 183 Å². The number of hydrogen-bond donors (Lipinski definition) is 1. The van der Waals surface area contributed by atoms with E-state index >= 15 is 0 Å². The predicted molar refractivity (Wildman–Crippen MR) is 124 cm³/mol. The van der Waals surface area contributed by atoms with Gasteiger partial charge in [-0.25, -0.2) is 4.68 Å². The van der Waals surface area contributed by atoms with Crippen molar-refractivity contribution >= 4 is 11.6 Å². The van der Waals surface area contributed by atoms with Gasteiger partial charge in [0.25, 0.3) is 11.5 Å². The second-order valence-corrected chi connectivity index (χ2v) is 8.57. The highest BCUT2D eigenvalue weighted by atomic mass is 16.2. The van der Waals surface area contributed by atoms with Crippen LogP contribution in [0, 0.1) is 12.8 Å². The Balaban J connectivity index is 1.49. The minimum Gasteiger partial charge on any atom is -0.316 e. The zero-order chi connectivity index (χ0) is 22.0. The van der Waals surface area contributed by atoms with Crippen LogP contribution in [-0.4, -0.2) is 33.3 Å². The summed E-state index contributed by atoms with van der Waals surface area (Å²) in [5.74, 6) is 0.469. The second kappa shape index (κ2) is 8.94. The van der Waals surface area contributed by atoms with Gasteiger partial charge in [0.2, 0.25) is 0 Å². The lowest BCUT2D eigenvalue weighted by molar-refractivity contribution is 0.102. The number of amides is 1. The van der Waals surface area contributed by atoms with Gasteiger partial charge in [-0.1, -0.05) is 37.3 Å². The second-order valence-electron chi connectivity index (χ2n) is 8.57. The molecule has 1 aliphatic rings. The van der Waals surface area contributed by atoms with E-state index in [1.165, 1.54) is 18.4 Å². The van der Waals surface area contributed by atoms with E-state index in [1.54, 1.807) is 9.36 Å². The normalized spacial score (nSPS) is 16.9. The molecule has 31 heavy (non-hydrogen) atoms. The maximum Gasteiger partial charge on any atom is 0.295 e. The maximum absolute atomic E-state index is 13.0. The molecule has 1 atom stereocenters. The number of para-hydroxylation sites is 1. The van der Waals surface area contributed by atoms with Gasteiger partial charge in [-0.05, 0) is 62.1 Å². The number of likely N-dealkylation sites (tertiary alicyclic amines) is 1. The molecule has 0 aliphatic carbocycles. The molecule has 0 radical (unpaired) electrons. The zero-order valence-corrected chi connectivity index (χ0v) is 18.5. The number of aromatic nitrogens is 2. The molecule has 2 aromatic carbocycles. The van der Waals surface area contributed by atoms with Crippen LogP contribution in [0.4, 0.5) is 5.69 Å². The average Bonchev–Trinajstić information content (AvgIpc) is 2.98. The number of rotatable bonds is 5. The minimum absolute atomic E-state index is 0.240. The lowest BCUT2D eigenvalue weighted by Crippen LogP contribution is -2.33. The van der Waals surface area contributed by atoms with Crippen LogP contribution in [0.2, 0.25) is 0 Å². The number of nitrogens with zero attached hydrogens (tertiary/aromatic N) is 3. The summed E-state index contributed by atoms with van der Waals surface area (Å²) < 4.78 is 3.32. The van der Waals surface area contributed by atoms with Crippen LogP contribution >= 0.6 is 0 Å². The van der Waals surface area contributed by atoms with Crippen molar-refractivity contribution in [3.05, 3.63) is 81.8 Å². The Kier molecular flexibility index (Phi) is 6.09. The van der Waals surface area contributed by atoms with Gasteiger partial charge in [-0.3, -0.25) is 19.2 Å². The van der Waals surface area contributed by atoms with Gasteiger partial charge in [0.1, 0.15) is 5.69 Å². The number of hydrogen-bond acceptors (Lipinski definition) is 3. The van der Waals surface area contributed by atoms with E-state index in [4.69, 9.17) is 0 Å². The molecule has 1 fully saturated rings. The number of nitrogens with one attached hydrogen (secondary N) is 1. The average molecular weight is 419 g/mol. The summed E-state index contributed by atoms with van der Waals surface area (Å²) in [5, 5.41) is 2.83. The topological polar surface area (TPSA) is 59.3 Å². The molecule has 6 heteroatoms. The smallest absolute Gasteiger partial charge is 0.295 e. The van der Waals surface area contributed by atoms with Crippen molar-refractivity contribution < 1.29 is 4.79 Å². The molecular weight excluding hydrogens is 388 g/mol. The van der Waals surface area contributed by atoms with E-state index < -0.39 is 0 Å². The number of benzene rings is 2. The number of piperidine rings is 1. The lowest BCUT2D eigenvalue weighted by Gasteiger charge is -2.30. The summed E-state index contributed by atoms with van der Waals surface area (Å²) in [6.45, 7) is 7.30. The van der Waals surface area contributed by atoms with Crippen LogP contribution in [0.25, 0.3) is 5.69 Å². The van der Waals surface area contributed by atoms with Crippen LogP contribution in [0.15, 0.2) is 59.4 Å². The third kappa shape index (κ3) is 4.49. The first-order valence-corrected chi connectivity index (χ1v) is 10.9. The van der Waals surface area contributed by atoms with E-state index in [2.05, 4.69) is 17.1 Å². The Morgan fingerprint density at radius 2 is 1.81 bits per heavy atom. The van der Waals surface area contributed by atoms with Gasteiger partial charge in [-0.2, -0.15) is 0 Å². The Bertz CT molecular complexity index is 1110. The Morgan fingerprint density at radius 1 is 1.10 bits per heavy atom. The van der Waals surface area contributed by atoms with Crippen molar-refractivity contribution in [2.24, 2.45) is 13.0 Å². The molecule has 6 nitrogen and oxygen atoms in total. The molecule has 1 unspecified atom stereocenters. The van der Waals surface area contributed by atoms with Gasteiger partial charge in [0.15, 0.2) is 0 Å². The first kappa shape index (κ1) is 21.1. The van der Waals surface area contributed by atoms with Crippen LogP contribution < -0.4 is 10.9 Å². The summed E-state index contributed by atoms with van der Waals surface area (Å²) in [4.78, 5) is 28.3. The first-order valence-electron chi connectivity index (χ1n) is 10.9. The quantitative estimate of drug-likeness (QED) is 0.682. The summed E-state index contributed by atoms with van der Waals surface area (Å²) in [6, 6.07) is 17.1. The van der Waals surface area contributed by atoms with Crippen molar-refractivity contribution in [3.8, 4) is 5.69 Å². The van der Waals surface area contributed by atoms with E-state index in [0.29, 0.717) is 16.9 Å². The SMILES string of the molecule is Cc1c(NC(=O)c2ccc(CN3CCCC(C)C3)cc2)c(=O)n(-c2ccccc2)n1C. The van der Waals surface area contributed by atoms with Crippen molar-refractivity contribution in [1.82, 2.24) is 14.3 Å². The number of carbonyl (C=O) groups excluding carboxylic acids is 1. The highest BCUT2D eigenvalue weighted by Gasteiger charge is 2.19. The largest absolute Gasteiger partial charge is 0.316 e. The van der Waals surface area contributed by atoms with Crippen molar-refractivity contribution in [1.29, 1.82) is 0 Å². The van der Waals surface area contributed by atoms with Crippen molar-refractivity contribution in [2.75, 3.05) is 18.4 Å². The fourth-order valence-corrected chi connectivity index (χ4v) is 4.35. The molecular formula is C25H30N4O2. The molecule has 162 valence electrons. The van der Waals surface area contributed by atoms with E-state index in [9.17, 15) is 9.59 Å². The fourth-order valence-electron chi connectivity index (χ4n) is 4.35. The van der Waals surface area contributed by atoms with Gasteiger partial charge in [0.05, 0.1) is 11.4 Å². The van der Waals surface area contributed by atoms with Crippen LogP contribution in [0.1, 0.15) is 41.4 Å². The third-order valence-electron chi connectivity index (χ3n) is 6.16. The molecule has 1 aromatic heterocycles. The minimum atomic E-state index is -0.274. The Hall–Kier alpha value is -3.12.